The average Bonchev–Trinajstić information content (AvgIpc) is 2.36. The zero-order valence-electron chi connectivity index (χ0n) is 13.9. The van der Waals surface area contributed by atoms with Gasteiger partial charge in [0, 0.05) is 6.04 Å². The molecule has 1 rings (SSSR count). The molecule has 0 spiro atoms. The number of aliphatic hydroxyl groups excluding tert-OH is 1. The van der Waals surface area contributed by atoms with Gasteiger partial charge in [-0.15, -0.1) is 0 Å². The molecule has 0 heterocycles. The van der Waals surface area contributed by atoms with E-state index < -0.39 is 6.10 Å². The molecule has 20 heavy (non-hydrogen) atoms. The molecule has 2 unspecified atom stereocenters. The molecule has 0 fully saturated rings. The fourth-order valence-electron chi connectivity index (χ4n) is 2.18. The van der Waals surface area contributed by atoms with Crippen LogP contribution >= 0.6 is 0 Å². The van der Waals surface area contributed by atoms with Gasteiger partial charge >= 0.3 is 0 Å². The standard InChI is InChI=1S/C18H31NO/c1-13(2)11-12-19-14(3)17(20)15-7-9-16(10-8-15)18(4,5)6/h7-10,13-14,17,19-20H,11-12H2,1-6H3. The monoisotopic (exact) mass is 277 g/mol. The molecule has 0 aromatic heterocycles. The predicted molar refractivity (Wildman–Crippen MR) is 87.0 cm³/mol. The van der Waals surface area contributed by atoms with Crippen LogP contribution in [0.2, 0.25) is 0 Å². The van der Waals surface area contributed by atoms with Gasteiger partial charge in [-0.05, 0) is 42.3 Å². The Labute approximate surface area is 124 Å². The van der Waals surface area contributed by atoms with Gasteiger partial charge in [0.2, 0.25) is 0 Å². The molecule has 0 bridgehead atoms. The van der Waals surface area contributed by atoms with Gasteiger partial charge in [-0.3, -0.25) is 0 Å². The maximum absolute atomic E-state index is 10.4. The Bertz CT molecular complexity index is 389. The second kappa shape index (κ2) is 7.24. The summed E-state index contributed by atoms with van der Waals surface area (Å²) in [6.45, 7) is 14.0. The van der Waals surface area contributed by atoms with Crippen molar-refractivity contribution in [2.45, 2.75) is 65.5 Å². The summed E-state index contributed by atoms with van der Waals surface area (Å²) in [5.74, 6) is 0.693. The molecule has 0 aliphatic carbocycles. The van der Waals surface area contributed by atoms with E-state index in [1.807, 2.05) is 19.1 Å². The molecule has 0 aliphatic heterocycles. The molecule has 0 saturated heterocycles. The Hall–Kier alpha value is -0.860. The van der Waals surface area contributed by atoms with E-state index in [0.29, 0.717) is 5.92 Å². The number of nitrogens with one attached hydrogen (secondary N) is 1. The highest BCUT2D eigenvalue weighted by molar-refractivity contribution is 5.29. The third kappa shape index (κ3) is 5.26. The Kier molecular flexibility index (Phi) is 6.22. The lowest BCUT2D eigenvalue weighted by Gasteiger charge is -2.23. The highest BCUT2D eigenvalue weighted by Crippen LogP contribution is 2.24. The van der Waals surface area contributed by atoms with E-state index in [1.54, 1.807) is 0 Å². The van der Waals surface area contributed by atoms with Crippen LogP contribution in [0.4, 0.5) is 0 Å². The second-order valence-electron chi connectivity index (χ2n) is 7.24. The highest BCUT2D eigenvalue weighted by Gasteiger charge is 2.18. The second-order valence-corrected chi connectivity index (χ2v) is 7.24. The number of hydrogen-bond donors (Lipinski definition) is 2. The van der Waals surface area contributed by atoms with E-state index in [1.165, 1.54) is 5.56 Å². The summed E-state index contributed by atoms with van der Waals surface area (Å²) < 4.78 is 0. The van der Waals surface area contributed by atoms with Crippen molar-refractivity contribution in [1.29, 1.82) is 0 Å². The lowest BCUT2D eigenvalue weighted by molar-refractivity contribution is 0.135. The van der Waals surface area contributed by atoms with Gasteiger partial charge in [0.05, 0.1) is 6.10 Å². The molecule has 114 valence electrons. The quantitative estimate of drug-likeness (QED) is 0.822. The van der Waals surface area contributed by atoms with Crippen LogP contribution < -0.4 is 5.32 Å². The molecule has 2 nitrogen and oxygen atoms in total. The van der Waals surface area contributed by atoms with Crippen molar-refractivity contribution < 1.29 is 5.11 Å². The lowest BCUT2D eigenvalue weighted by Crippen LogP contribution is -2.33. The Balaban J connectivity index is 2.60. The smallest absolute Gasteiger partial charge is 0.0940 e. The molecule has 0 aliphatic rings. The summed E-state index contributed by atoms with van der Waals surface area (Å²) in [6.07, 6.45) is 0.691. The van der Waals surface area contributed by atoms with Gasteiger partial charge in [0.15, 0.2) is 0 Å². The van der Waals surface area contributed by atoms with Crippen molar-refractivity contribution >= 4 is 0 Å². The van der Waals surface area contributed by atoms with Gasteiger partial charge in [0.25, 0.3) is 0 Å². The van der Waals surface area contributed by atoms with E-state index in [0.717, 1.165) is 18.5 Å². The minimum Gasteiger partial charge on any atom is -0.387 e. The fourth-order valence-corrected chi connectivity index (χ4v) is 2.18. The number of benzene rings is 1. The third-order valence-corrected chi connectivity index (χ3v) is 3.78. The first kappa shape index (κ1) is 17.2. The zero-order valence-corrected chi connectivity index (χ0v) is 13.9. The van der Waals surface area contributed by atoms with Crippen LogP contribution in [0.1, 0.15) is 65.2 Å². The highest BCUT2D eigenvalue weighted by atomic mass is 16.3. The third-order valence-electron chi connectivity index (χ3n) is 3.78. The van der Waals surface area contributed by atoms with Crippen molar-refractivity contribution in [1.82, 2.24) is 5.32 Å². The molecule has 0 amide bonds. The van der Waals surface area contributed by atoms with Gasteiger partial charge < -0.3 is 10.4 Å². The molecular formula is C18H31NO. The molecule has 2 heteroatoms. The normalized spacial score (nSPS) is 15.4. The van der Waals surface area contributed by atoms with Crippen LogP contribution in [-0.4, -0.2) is 17.7 Å². The van der Waals surface area contributed by atoms with Crippen LogP contribution in [0.25, 0.3) is 0 Å². The van der Waals surface area contributed by atoms with Crippen LogP contribution in [0, 0.1) is 5.92 Å². The van der Waals surface area contributed by atoms with E-state index in [4.69, 9.17) is 0 Å². The first-order valence-corrected chi connectivity index (χ1v) is 7.73. The van der Waals surface area contributed by atoms with E-state index in [2.05, 4.69) is 52.1 Å². The summed E-state index contributed by atoms with van der Waals surface area (Å²) in [6, 6.07) is 8.42. The molecule has 0 saturated carbocycles. The lowest BCUT2D eigenvalue weighted by atomic mass is 9.86. The Morgan fingerprint density at radius 2 is 1.60 bits per heavy atom. The number of rotatable bonds is 6. The van der Waals surface area contributed by atoms with E-state index in [-0.39, 0.29) is 11.5 Å². The molecule has 1 aromatic rings. The van der Waals surface area contributed by atoms with Crippen LogP contribution in [0.3, 0.4) is 0 Å². The van der Waals surface area contributed by atoms with Crippen molar-refractivity contribution in [2.24, 2.45) is 5.92 Å². The molecule has 2 N–H and O–H groups in total. The first-order chi connectivity index (χ1) is 9.21. The van der Waals surface area contributed by atoms with Crippen LogP contribution in [-0.2, 0) is 5.41 Å². The summed E-state index contributed by atoms with van der Waals surface area (Å²) in [4.78, 5) is 0. The molecule has 1 aromatic carbocycles. The van der Waals surface area contributed by atoms with Crippen molar-refractivity contribution in [2.75, 3.05) is 6.54 Å². The van der Waals surface area contributed by atoms with Crippen molar-refractivity contribution in [3.8, 4) is 0 Å². The minimum atomic E-state index is -0.448. The number of hydrogen-bond acceptors (Lipinski definition) is 2. The van der Waals surface area contributed by atoms with Gasteiger partial charge in [-0.1, -0.05) is 58.9 Å². The topological polar surface area (TPSA) is 32.3 Å². The average molecular weight is 277 g/mol. The summed E-state index contributed by atoms with van der Waals surface area (Å²) in [7, 11) is 0. The maximum atomic E-state index is 10.4. The van der Waals surface area contributed by atoms with E-state index >= 15 is 0 Å². The summed E-state index contributed by atoms with van der Waals surface area (Å²) >= 11 is 0. The molecular weight excluding hydrogens is 246 g/mol. The largest absolute Gasteiger partial charge is 0.387 e. The van der Waals surface area contributed by atoms with Crippen molar-refractivity contribution in [3.05, 3.63) is 35.4 Å². The molecule has 2 atom stereocenters. The van der Waals surface area contributed by atoms with Gasteiger partial charge in [0.1, 0.15) is 0 Å². The minimum absolute atomic E-state index is 0.0780. The predicted octanol–water partition coefficient (Wildman–Crippen LogP) is 4.04. The SMILES string of the molecule is CC(C)CCNC(C)C(O)c1ccc(C(C)(C)C)cc1. The Morgan fingerprint density at radius 3 is 2.05 bits per heavy atom. The van der Waals surface area contributed by atoms with E-state index in [9.17, 15) is 5.11 Å². The zero-order chi connectivity index (χ0) is 15.3. The Morgan fingerprint density at radius 1 is 1.05 bits per heavy atom. The van der Waals surface area contributed by atoms with Crippen molar-refractivity contribution in [3.63, 3.8) is 0 Å². The summed E-state index contributed by atoms with van der Waals surface area (Å²) in [5.41, 5.74) is 2.45. The first-order valence-electron chi connectivity index (χ1n) is 7.73. The summed E-state index contributed by atoms with van der Waals surface area (Å²) in [5, 5.41) is 13.8. The van der Waals surface area contributed by atoms with Gasteiger partial charge in [-0.25, -0.2) is 0 Å². The van der Waals surface area contributed by atoms with Crippen LogP contribution in [0.5, 0.6) is 0 Å². The molecule has 0 radical (unpaired) electrons. The maximum Gasteiger partial charge on any atom is 0.0940 e. The van der Waals surface area contributed by atoms with Crippen LogP contribution in [0.15, 0.2) is 24.3 Å². The van der Waals surface area contributed by atoms with Gasteiger partial charge in [-0.2, -0.15) is 0 Å². The fraction of sp³-hybridized carbons (Fsp3) is 0.667. The number of aliphatic hydroxyl groups is 1.